The van der Waals surface area contributed by atoms with Crippen molar-refractivity contribution in [1.29, 1.82) is 0 Å². The van der Waals surface area contributed by atoms with Crippen LogP contribution in [0.25, 0.3) is 0 Å². The quantitative estimate of drug-likeness (QED) is 0.685. The monoisotopic (exact) mass is 284 g/mol. The Morgan fingerprint density at radius 3 is 2.84 bits per heavy atom. The third-order valence-electron chi connectivity index (χ3n) is 2.69. The molecule has 1 unspecified atom stereocenters. The van der Waals surface area contributed by atoms with E-state index >= 15 is 0 Å². The minimum Gasteiger partial charge on any atom is -0.480 e. The van der Waals surface area contributed by atoms with Gasteiger partial charge in [-0.25, -0.2) is 9.59 Å². The molecule has 1 aromatic heterocycles. The van der Waals surface area contributed by atoms with E-state index in [0.717, 1.165) is 19.3 Å². The van der Waals surface area contributed by atoms with Crippen LogP contribution >= 0.6 is 11.3 Å². The third kappa shape index (κ3) is 6.24. The molecule has 0 bridgehead atoms. The first kappa shape index (κ1) is 15.5. The maximum absolute atomic E-state index is 11.6. The summed E-state index contributed by atoms with van der Waals surface area (Å²) in [6, 6.07) is 2.75. The Labute approximate surface area is 117 Å². The van der Waals surface area contributed by atoms with Gasteiger partial charge in [-0.2, -0.15) is 0 Å². The van der Waals surface area contributed by atoms with Gasteiger partial charge in [-0.15, -0.1) is 11.3 Å². The van der Waals surface area contributed by atoms with Gasteiger partial charge in [0.2, 0.25) is 0 Å². The summed E-state index contributed by atoms with van der Waals surface area (Å²) in [5, 5.41) is 16.1. The van der Waals surface area contributed by atoms with E-state index < -0.39 is 18.0 Å². The van der Waals surface area contributed by atoms with Crippen molar-refractivity contribution in [2.75, 3.05) is 6.54 Å². The molecule has 1 rings (SSSR count). The second-order valence-corrected chi connectivity index (χ2v) is 5.29. The summed E-state index contributed by atoms with van der Waals surface area (Å²) < 4.78 is 0. The molecule has 106 valence electrons. The van der Waals surface area contributed by atoms with Crippen molar-refractivity contribution in [3.8, 4) is 0 Å². The molecular weight excluding hydrogens is 264 g/mol. The number of carboxylic acids is 1. The van der Waals surface area contributed by atoms with Crippen LogP contribution in [0.1, 0.15) is 31.1 Å². The number of unbranched alkanes of at least 4 members (excludes halogenated alkanes) is 1. The molecule has 5 nitrogen and oxygen atoms in total. The van der Waals surface area contributed by atoms with Crippen LogP contribution in [0.15, 0.2) is 17.5 Å². The van der Waals surface area contributed by atoms with E-state index in [2.05, 4.69) is 10.6 Å². The van der Waals surface area contributed by atoms with E-state index in [9.17, 15) is 9.59 Å². The summed E-state index contributed by atoms with van der Waals surface area (Å²) in [7, 11) is 0. The van der Waals surface area contributed by atoms with Gasteiger partial charge in [0, 0.05) is 11.4 Å². The number of hydrogen-bond donors (Lipinski definition) is 3. The Bertz CT molecular complexity index is 393. The van der Waals surface area contributed by atoms with Gasteiger partial charge in [0.1, 0.15) is 6.04 Å². The van der Waals surface area contributed by atoms with E-state index in [1.54, 1.807) is 11.3 Å². The molecule has 19 heavy (non-hydrogen) atoms. The van der Waals surface area contributed by atoms with E-state index in [-0.39, 0.29) is 0 Å². The molecule has 0 saturated heterocycles. The number of aliphatic carboxylic acids is 1. The zero-order valence-corrected chi connectivity index (χ0v) is 11.8. The number of thiophene rings is 1. The summed E-state index contributed by atoms with van der Waals surface area (Å²) in [5.74, 6) is -0.984. The lowest BCUT2D eigenvalue weighted by molar-refractivity contribution is -0.139. The van der Waals surface area contributed by atoms with Crippen molar-refractivity contribution in [3.63, 3.8) is 0 Å². The summed E-state index contributed by atoms with van der Waals surface area (Å²) in [6.45, 7) is 2.49. The highest BCUT2D eigenvalue weighted by atomic mass is 32.1. The molecule has 0 aliphatic heterocycles. The fourth-order valence-electron chi connectivity index (χ4n) is 1.63. The van der Waals surface area contributed by atoms with Gasteiger partial charge in [0.15, 0.2) is 0 Å². The van der Waals surface area contributed by atoms with Crippen LogP contribution < -0.4 is 10.6 Å². The largest absolute Gasteiger partial charge is 0.480 e. The topological polar surface area (TPSA) is 78.4 Å². The molecule has 1 aromatic rings. The first-order chi connectivity index (χ1) is 9.13. The van der Waals surface area contributed by atoms with Crippen LogP contribution in [0.4, 0.5) is 4.79 Å². The summed E-state index contributed by atoms with van der Waals surface area (Å²) in [4.78, 5) is 23.7. The predicted octanol–water partition coefficient (Wildman–Crippen LogP) is 2.23. The van der Waals surface area contributed by atoms with Crippen molar-refractivity contribution in [1.82, 2.24) is 10.6 Å². The average molecular weight is 284 g/mol. The van der Waals surface area contributed by atoms with Gasteiger partial charge < -0.3 is 15.7 Å². The van der Waals surface area contributed by atoms with Crippen molar-refractivity contribution in [2.45, 2.75) is 38.6 Å². The Hall–Kier alpha value is -1.56. The highest BCUT2D eigenvalue weighted by Crippen LogP contribution is 2.08. The molecule has 0 aliphatic carbocycles. The summed E-state index contributed by atoms with van der Waals surface area (Å²) >= 11 is 1.64. The van der Waals surface area contributed by atoms with Crippen LogP contribution in [0.2, 0.25) is 0 Å². The molecular formula is C13H20N2O3S. The number of carbonyl (C=O) groups is 2. The number of nitrogens with one attached hydrogen (secondary N) is 2. The fourth-order valence-corrected chi connectivity index (χ4v) is 2.34. The van der Waals surface area contributed by atoms with Crippen LogP contribution in [-0.2, 0) is 11.2 Å². The van der Waals surface area contributed by atoms with E-state index in [1.165, 1.54) is 4.88 Å². The second kappa shape index (κ2) is 8.53. The van der Waals surface area contributed by atoms with Crippen molar-refractivity contribution >= 4 is 23.3 Å². The predicted molar refractivity (Wildman–Crippen MR) is 75.5 cm³/mol. The maximum atomic E-state index is 11.6. The minimum atomic E-state index is -0.984. The number of hydrogen-bond acceptors (Lipinski definition) is 3. The lowest BCUT2D eigenvalue weighted by Gasteiger charge is -2.14. The van der Waals surface area contributed by atoms with Gasteiger partial charge >= 0.3 is 12.0 Å². The molecule has 6 heteroatoms. The van der Waals surface area contributed by atoms with Crippen LogP contribution in [0, 0.1) is 0 Å². The molecule has 0 aliphatic rings. The van der Waals surface area contributed by atoms with Crippen LogP contribution in [0.5, 0.6) is 0 Å². The first-order valence-electron chi connectivity index (χ1n) is 6.43. The van der Waals surface area contributed by atoms with Gasteiger partial charge in [-0.3, -0.25) is 0 Å². The van der Waals surface area contributed by atoms with Crippen molar-refractivity contribution < 1.29 is 14.7 Å². The van der Waals surface area contributed by atoms with Crippen molar-refractivity contribution in [3.05, 3.63) is 22.4 Å². The van der Waals surface area contributed by atoms with Gasteiger partial charge in [-0.1, -0.05) is 25.8 Å². The zero-order valence-electron chi connectivity index (χ0n) is 11.0. The van der Waals surface area contributed by atoms with E-state index in [1.807, 2.05) is 24.4 Å². The van der Waals surface area contributed by atoms with Gasteiger partial charge in [-0.05, 0) is 24.3 Å². The Morgan fingerprint density at radius 2 is 2.26 bits per heavy atom. The molecule has 0 saturated carbocycles. The van der Waals surface area contributed by atoms with Gasteiger partial charge in [0.05, 0.1) is 0 Å². The minimum absolute atomic E-state index is 0.417. The second-order valence-electron chi connectivity index (χ2n) is 4.26. The van der Waals surface area contributed by atoms with E-state index in [0.29, 0.717) is 13.0 Å². The normalized spacial score (nSPS) is 11.8. The smallest absolute Gasteiger partial charge is 0.326 e. The fraction of sp³-hybridized carbons (Fsp3) is 0.538. The van der Waals surface area contributed by atoms with Gasteiger partial charge in [0.25, 0.3) is 0 Å². The molecule has 0 fully saturated rings. The third-order valence-corrected chi connectivity index (χ3v) is 3.62. The zero-order chi connectivity index (χ0) is 14.1. The highest BCUT2D eigenvalue weighted by Gasteiger charge is 2.18. The lowest BCUT2D eigenvalue weighted by atomic mass is 10.1. The van der Waals surface area contributed by atoms with E-state index in [4.69, 9.17) is 5.11 Å². The number of carbonyl (C=O) groups excluding carboxylic acids is 1. The standard InChI is InChI=1S/C13H20N2O3S/c1-2-3-6-11(12(16)17)15-13(18)14-8-7-10-5-4-9-19-10/h4-5,9,11H,2-3,6-8H2,1H3,(H,16,17)(H2,14,15,18). The molecule has 0 radical (unpaired) electrons. The average Bonchev–Trinajstić information content (AvgIpc) is 2.87. The molecule has 2 amide bonds. The first-order valence-corrected chi connectivity index (χ1v) is 7.31. The summed E-state index contributed by atoms with van der Waals surface area (Å²) in [6.07, 6.45) is 2.92. The number of rotatable bonds is 8. The number of amides is 2. The SMILES string of the molecule is CCCCC(NC(=O)NCCc1cccs1)C(=O)O. The Balaban J connectivity index is 2.25. The molecule has 0 aromatic carbocycles. The highest BCUT2D eigenvalue weighted by molar-refractivity contribution is 7.09. The molecule has 1 atom stereocenters. The lowest BCUT2D eigenvalue weighted by Crippen LogP contribution is -2.46. The Kier molecular flexibility index (Phi) is 6.95. The maximum Gasteiger partial charge on any atom is 0.326 e. The molecule has 3 N–H and O–H groups in total. The molecule has 1 heterocycles. The molecule has 0 spiro atoms. The number of urea groups is 1. The summed E-state index contributed by atoms with van der Waals surface area (Å²) in [5.41, 5.74) is 0. The van der Waals surface area contributed by atoms with Crippen LogP contribution in [0.3, 0.4) is 0 Å². The van der Waals surface area contributed by atoms with Crippen LogP contribution in [-0.4, -0.2) is 29.7 Å². The number of carboxylic acid groups (broad SMARTS) is 1. The Morgan fingerprint density at radius 1 is 1.47 bits per heavy atom. The van der Waals surface area contributed by atoms with Crippen molar-refractivity contribution in [2.24, 2.45) is 0 Å².